The molecule has 1 aromatic heterocycles. The van der Waals surface area contributed by atoms with E-state index in [-0.39, 0.29) is 5.91 Å². The van der Waals surface area contributed by atoms with Crippen LogP contribution in [0.15, 0.2) is 65.8 Å². The summed E-state index contributed by atoms with van der Waals surface area (Å²) < 4.78 is 28.4. The molecule has 8 nitrogen and oxygen atoms in total. The molecule has 3 heterocycles. The molecule has 2 fully saturated rings. The molecule has 0 atom stereocenters. The summed E-state index contributed by atoms with van der Waals surface area (Å²) in [6.07, 6.45) is 5.99. The van der Waals surface area contributed by atoms with Crippen molar-refractivity contribution in [3.63, 3.8) is 0 Å². The van der Waals surface area contributed by atoms with Crippen molar-refractivity contribution in [3.05, 3.63) is 60.9 Å². The number of nitrogens with zero attached hydrogens (tertiary/aromatic N) is 4. The van der Waals surface area contributed by atoms with Gasteiger partial charge in [0.1, 0.15) is 0 Å². The first-order valence-electron chi connectivity index (χ1n) is 12.6. The van der Waals surface area contributed by atoms with Gasteiger partial charge in [0.05, 0.1) is 4.90 Å². The Morgan fingerprint density at radius 3 is 2.39 bits per heavy atom. The van der Waals surface area contributed by atoms with Crippen molar-refractivity contribution < 1.29 is 13.2 Å². The number of aromatic nitrogens is 1. The Hall–Kier alpha value is -3.01. The number of piperidine rings is 1. The van der Waals surface area contributed by atoms with Crippen LogP contribution in [0.3, 0.4) is 0 Å². The number of piperazine rings is 1. The first kappa shape index (κ1) is 24.7. The van der Waals surface area contributed by atoms with Crippen LogP contribution in [-0.4, -0.2) is 74.3 Å². The number of rotatable bonds is 6. The second-order valence-electron chi connectivity index (χ2n) is 9.71. The lowest BCUT2D eigenvalue weighted by Crippen LogP contribution is -2.50. The molecular weight excluding hydrogens is 474 g/mol. The van der Waals surface area contributed by atoms with E-state index in [9.17, 15) is 13.2 Å². The first-order valence-corrected chi connectivity index (χ1v) is 14.0. The second kappa shape index (κ2) is 10.5. The molecule has 1 amide bonds. The van der Waals surface area contributed by atoms with Gasteiger partial charge in [-0.2, -0.15) is 4.31 Å². The fraction of sp³-hybridized carbons (Fsp3) is 0.407. The molecule has 190 valence electrons. The number of carbonyl (C=O) groups excluding carboxylic acids is 1. The summed E-state index contributed by atoms with van der Waals surface area (Å²) in [5.41, 5.74) is 1.92. The molecular formula is C27H33N5O3S. The molecule has 0 aliphatic carbocycles. The highest BCUT2D eigenvalue weighted by Gasteiger charge is 2.30. The molecule has 2 aliphatic rings. The van der Waals surface area contributed by atoms with Gasteiger partial charge in [0.25, 0.3) is 0 Å². The fourth-order valence-electron chi connectivity index (χ4n) is 5.32. The van der Waals surface area contributed by atoms with E-state index in [4.69, 9.17) is 0 Å². The predicted molar refractivity (Wildman–Crippen MR) is 143 cm³/mol. The lowest BCUT2D eigenvalue weighted by Gasteiger charge is -2.39. The summed E-state index contributed by atoms with van der Waals surface area (Å²) in [5, 5.41) is 4.43. The number of hydrogen-bond donors (Lipinski definition) is 1. The van der Waals surface area contributed by atoms with E-state index in [0.717, 1.165) is 56.3 Å². The van der Waals surface area contributed by atoms with E-state index in [1.54, 1.807) is 22.5 Å². The molecule has 2 aromatic carbocycles. The summed E-state index contributed by atoms with van der Waals surface area (Å²) in [4.78, 5) is 20.7. The quantitative estimate of drug-likeness (QED) is 0.550. The van der Waals surface area contributed by atoms with Gasteiger partial charge >= 0.3 is 0 Å². The van der Waals surface area contributed by atoms with Crippen molar-refractivity contribution in [1.29, 1.82) is 0 Å². The lowest BCUT2D eigenvalue weighted by atomic mass is 9.95. The Balaban J connectivity index is 1.17. The number of anilines is 2. The monoisotopic (exact) mass is 507 g/mol. The van der Waals surface area contributed by atoms with E-state index in [1.165, 1.54) is 12.6 Å². The molecule has 9 heteroatoms. The van der Waals surface area contributed by atoms with Crippen LogP contribution in [0.2, 0.25) is 0 Å². The largest absolute Gasteiger partial charge is 0.371 e. The second-order valence-corrected chi connectivity index (χ2v) is 11.6. The van der Waals surface area contributed by atoms with Gasteiger partial charge in [-0.1, -0.05) is 18.2 Å². The van der Waals surface area contributed by atoms with E-state index >= 15 is 0 Å². The smallest absolute Gasteiger partial charge is 0.243 e. The van der Waals surface area contributed by atoms with Gasteiger partial charge < -0.3 is 15.1 Å². The van der Waals surface area contributed by atoms with Crippen LogP contribution in [0.25, 0.3) is 10.8 Å². The number of amides is 1. The summed E-state index contributed by atoms with van der Waals surface area (Å²) in [7, 11) is -3.58. The zero-order valence-electron chi connectivity index (χ0n) is 20.6. The van der Waals surface area contributed by atoms with Gasteiger partial charge in [0.2, 0.25) is 15.9 Å². The standard InChI is InChI=1S/C27H33N5O3S/c1-21(33)29-27-4-2-3-23-19-25(5-6-26(23)27)36(34,35)32-17-15-30(16-18-32)20-22-9-13-31(14-10-22)24-7-11-28-12-8-24/h2-8,11-12,19,22H,9-10,13-18,20H2,1H3,(H,29,33). The lowest BCUT2D eigenvalue weighted by molar-refractivity contribution is -0.114. The normalized spacial score (nSPS) is 18.4. The number of fused-ring (bicyclic) bond motifs is 1. The minimum Gasteiger partial charge on any atom is -0.371 e. The molecule has 0 spiro atoms. The number of benzene rings is 2. The highest BCUT2D eigenvalue weighted by molar-refractivity contribution is 7.89. The Morgan fingerprint density at radius 2 is 1.69 bits per heavy atom. The molecule has 3 aromatic rings. The molecule has 0 unspecified atom stereocenters. The number of nitrogens with one attached hydrogen (secondary N) is 1. The van der Waals surface area contributed by atoms with Crippen molar-refractivity contribution in [1.82, 2.24) is 14.2 Å². The van der Waals surface area contributed by atoms with E-state index < -0.39 is 10.0 Å². The van der Waals surface area contributed by atoms with Gasteiger partial charge in [-0.25, -0.2) is 8.42 Å². The molecule has 5 rings (SSSR count). The van der Waals surface area contributed by atoms with Gasteiger partial charge in [-0.15, -0.1) is 0 Å². The molecule has 0 radical (unpaired) electrons. The molecule has 0 saturated carbocycles. The maximum atomic E-state index is 13.4. The maximum Gasteiger partial charge on any atom is 0.243 e. The van der Waals surface area contributed by atoms with Crippen LogP contribution in [0.4, 0.5) is 11.4 Å². The molecule has 2 aliphatic heterocycles. The van der Waals surface area contributed by atoms with Crippen LogP contribution in [0.5, 0.6) is 0 Å². The summed E-state index contributed by atoms with van der Waals surface area (Å²) in [6.45, 7) is 7.10. The maximum absolute atomic E-state index is 13.4. The van der Waals surface area contributed by atoms with Crippen molar-refractivity contribution in [3.8, 4) is 0 Å². The minimum absolute atomic E-state index is 0.156. The van der Waals surface area contributed by atoms with Crippen LogP contribution >= 0.6 is 0 Å². The Bertz CT molecular complexity index is 1320. The van der Waals surface area contributed by atoms with Crippen molar-refractivity contribution in [2.75, 3.05) is 56.0 Å². The van der Waals surface area contributed by atoms with Crippen molar-refractivity contribution >= 4 is 38.1 Å². The molecule has 1 N–H and O–H groups in total. The topological polar surface area (TPSA) is 85.8 Å². The van der Waals surface area contributed by atoms with E-state index in [2.05, 4.69) is 32.2 Å². The van der Waals surface area contributed by atoms with Gasteiger partial charge in [0.15, 0.2) is 0 Å². The number of pyridine rings is 1. The third-order valence-corrected chi connectivity index (χ3v) is 9.19. The van der Waals surface area contributed by atoms with E-state index in [1.807, 2.05) is 30.6 Å². The Morgan fingerprint density at radius 1 is 0.972 bits per heavy atom. The molecule has 36 heavy (non-hydrogen) atoms. The van der Waals surface area contributed by atoms with Crippen molar-refractivity contribution in [2.24, 2.45) is 5.92 Å². The summed E-state index contributed by atoms with van der Waals surface area (Å²) in [5.74, 6) is 0.487. The zero-order chi connectivity index (χ0) is 25.1. The summed E-state index contributed by atoms with van der Waals surface area (Å²) in [6, 6.07) is 14.8. The van der Waals surface area contributed by atoms with Crippen molar-refractivity contribution in [2.45, 2.75) is 24.7 Å². The molecule has 2 saturated heterocycles. The summed E-state index contributed by atoms with van der Waals surface area (Å²) >= 11 is 0. The number of carbonyl (C=O) groups is 1. The Labute approximate surface area is 213 Å². The van der Waals surface area contributed by atoms with Crippen LogP contribution in [0.1, 0.15) is 19.8 Å². The number of hydrogen-bond acceptors (Lipinski definition) is 6. The molecule has 0 bridgehead atoms. The van der Waals surface area contributed by atoms with Crippen LogP contribution in [-0.2, 0) is 14.8 Å². The highest BCUT2D eigenvalue weighted by Crippen LogP contribution is 2.28. The van der Waals surface area contributed by atoms with Gasteiger partial charge in [-0.3, -0.25) is 9.78 Å². The number of sulfonamides is 1. The van der Waals surface area contributed by atoms with Crippen LogP contribution < -0.4 is 10.2 Å². The predicted octanol–water partition coefficient (Wildman–Crippen LogP) is 3.42. The zero-order valence-corrected chi connectivity index (χ0v) is 21.5. The van der Waals surface area contributed by atoms with Gasteiger partial charge in [0, 0.05) is 81.9 Å². The highest BCUT2D eigenvalue weighted by atomic mass is 32.2. The van der Waals surface area contributed by atoms with Gasteiger partial charge in [-0.05, 0) is 54.5 Å². The average Bonchev–Trinajstić information content (AvgIpc) is 2.89. The van der Waals surface area contributed by atoms with Crippen LogP contribution in [0, 0.1) is 5.92 Å². The first-order chi connectivity index (χ1) is 17.4. The SMILES string of the molecule is CC(=O)Nc1cccc2cc(S(=O)(=O)N3CCN(CC4CCN(c5ccncc5)CC4)CC3)ccc12. The Kier molecular flexibility index (Phi) is 7.22. The van der Waals surface area contributed by atoms with E-state index in [0.29, 0.717) is 29.6 Å². The third kappa shape index (κ3) is 5.38. The minimum atomic E-state index is -3.58. The average molecular weight is 508 g/mol. The third-order valence-electron chi connectivity index (χ3n) is 7.29. The fourth-order valence-corrected chi connectivity index (χ4v) is 6.77.